The molecule has 0 aliphatic carbocycles. The zero-order valence-corrected chi connectivity index (χ0v) is 26.6. The number of imidazole rings is 1. The van der Waals surface area contributed by atoms with Gasteiger partial charge in [0.15, 0.2) is 5.15 Å². The van der Waals surface area contributed by atoms with Gasteiger partial charge in [-0.05, 0) is 67.7 Å². The van der Waals surface area contributed by atoms with Gasteiger partial charge in [0.25, 0.3) is 11.8 Å². The average molecular weight is 674 g/mol. The molecule has 14 heteroatoms. The second-order valence-corrected chi connectivity index (χ2v) is 12.8. The number of aromatic nitrogens is 2. The van der Waals surface area contributed by atoms with Crippen molar-refractivity contribution in [2.75, 3.05) is 44.6 Å². The van der Waals surface area contributed by atoms with Gasteiger partial charge < -0.3 is 29.5 Å². The maximum atomic E-state index is 13.2. The third kappa shape index (κ3) is 7.53. The van der Waals surface area contributed by atoms with Crippen LogP contribution in [0.1, 0.15) is 54.6 Å². The molecule has 4 rings (SSSR count). The monoisotopic (exact) mass is 672 g/mol. The Bertz CT molecular complexity index is 1300. The first-order chi connectivity index (χ1) is 19.2. The summed E-state index contributed by atoms with van der Waals surface area (Å²) in [6.07, 6.45) is 0.400. The molecule has 2 aliphatic rings. The topological polar surface area (TPSA) is 120 Å². The summed E-state index contributed by atoms with van der Waals surface area (Å²) < 4.78 is 7.46. The molecule has 0 saturated carbocycles. The Balaban J connectivity index is 1.28. The molecule has 11 nitrogen and oxygen atoms in total. The SMILES string of the molecule is Cn1c(C(=O)Nc2ccc(C(=O)N3CCN(C(O)C4CCN(C(=O)OC(C)(C)C)CC4)CC3)c(Cl)c2)nc(Cl)c1Br. The van der Waals surface area contributed by atoms with Crippen LogP contribution in [-0.2, 0) is 11.8 Å². The number of benzene rings is 1. The molecule has 224 valence electrons. The summed E-state index contributed by atoms with van der Waals surface area (Å²) in [5.41, 5.74) is 0.202. The summed E-state index contributed by atoms with van der Waals surface area (Å²) in [5, 5.41) is 14.1. The molecule has 3 amide bonds. The first-order valence-electron chi connectivity index (χ1n) is 13.4. The molecule has 0 bridgehead atoms. The summed E-state index contributed by atoms with van der Waals surface area (Å²) in [5.74, 6) is -0.532. The van der Waals surface area contributed by atoms with E-state index in [9.17, 15) is 19.5 Å². The lowest BCUT2D eigenvalue weighted by Crippen LogP contribution is -2.55. The number of hydrogen-bond donors (Lipinski definition) is 2. The number of aliphatic hydroxyl groups excluding tert-OH is 1. The molecule has 1 unspecified atom stereocenters. The smallest absolute Gasteiger partial charge is 0.410 e. The quantitative estimate of drug-likeness (QED) is 0.481. The fourth-order valence-corrected chi connectivity index (χ4v) is 5.69. The Kier molecular flexibility index (Phi) is 9.90. The number of piperidine rings is 1. The number of piperazine rings is 1. The van der Waals surface area contributed by atoms with Crippen LogP contribution in [0.5, 0.6) is 0 Å². The minimum atomic E-state index is -0.645. The van der Waals surface area contributed by atoms with Gasteiger partial charge in [0.05, 0.1) is 10.6 Å². The van der Waals surface area contributed by atoms with Gasteiger partial charge >= 0.3 is 6.09 Å². The van der Waals surface area contributed by atoms with Crippen LogP contribution >= 0.6 is 39.1 Å². The number of carbonyl (C=O) groups excluding carboxylic acids is 3. The molecule has 0 radical (unpaired) electrons. The molecule has 2 aromatic rings. The molecule has 2 N–H and O–H groups in total. The van der Waals surface area contributed by atoms with E-state index in [1.165, 1.54) is 10.6 Å². The standard InChI is InChI=1S/C27H35BrCl2N6O5/c1-27(2,3)41-26(40)36-9-7-16(8-10-36)24(38)34-11-13-35(14-12-34)25(39)18-6-5-17(15-19(18)29)31-23(37)22-32-21(30)20(28)33(22)4/h5-6,15-16,24,38H,7-14H2,1-4H3,(H,31,37). The van der Waals surface area contributed by atoms with Crippen molar-refractivity contribution in [3.05, 3.63) is 44.4 Å². The van der Waals surface area contributed by atoms with Gasteiger partial charge in [-0.1, -0.05) is 23.2 Å². The van der Waals surface area contributed by atoms with Gasteiger partial charge in [0.1, 0.15) is 16.4 Å². The molecule has 2 aliphatic heterocycles. The number of aliphatic hydroxyl groups is 1. The van der Waals surface area contributed by atoms with E-state index in [0.29, 0.717) is 68.0 Å². The Hall–Kier alpha value is -2.38. The van der Waals surface area contributed by atoms with Crippen molar-refractivity contribution >= 4 is 62.7 Å². The van der Waals surface area contributed by atoms with Crippen LogP contribution < -0.4 is 5.32 Å². The number of carbonyl (C=O) groups is 3. The van der Waals surface area contributed by atoms with Crippen molar-refractivity contribution in [3.8, 4) is 0 Å². The van der Waals surface area contributed by atoms with E-state index in [2.05, 4.69) is 26.2 Å². The van der Waals surface area contributed by atoms with Gasteiger partial charge in [-0.2, -0.15) is 0 Å². The zero-order valence-electron chi connectivity index (χ0n) is 23.5. The summed E-state index contributed by atoms with van der Waals surface area (Å²) in [6.45, 7) is 8.53. The van der Waals surface area contributed by atoms with E-state index < -0.39 is 17.7 Å². The number of amides is 3. The highest BCUT2D eigenvalue weighted by Crippen LogP contribution is 2.27. The fourth-order valence-electron chi connectivity index (χ4n) is 4.97. The van der Waals surface area contributed by atoms with Crippen molar-refractivity contribution in [2.45, 2.75) is 45.4 Å². The maximum absolute atomic E-state index is 13.2. The van der Waals surface area contributed by atoms with E-state index in [1.54, 1.807) is 29.0 Å². The van der Waals surface area contributed by atoms with Crippen molar-refractivity contribution in [1.29, 1.82) is 0 Å². The van der Waals surface area contributed by atoms with E-state index >= 15 is 0 Å². The van der Waals surface area contributed by atoms with Crippen molar-refractivity contribution in [3.63, 3.8) is 0 Å². The third-order valence-electron chi connectivity index (χ3n) is 7.24. The highest BCUT2D eigenvalue weighted by Gasteiger charge is 2.34. The Labute approximate surface area is 257 Å². The number of hydrogen-bond acceptors (Lipinski definition) is 7. The van der Waals surface area contributed by atoms with Crippen LogP contribution in [0.15, 0.2) is 22.8 Å². The molecular formula is C27H35BrCl2N6O5. The van der Waals surface area contributed by atoms with Gasteiger partial charge in [0.2, 0.25) is 5.82 Å². The first kappa shape index (κ1) is 31.6. The normalized spacial score (nSPS) is 17.9. The van der Waals surface area contributed by atoms with Crippen LogP contribution in [-0.4, -0.2) is 98.4 Å². The minimum absolute atomic E-state index is 0.0380. The minimum Gasteiger partial charge on any atom is -0.444 e. The van der Waals surface area contributed by atoms with Crippen LogP contribution in [0, 0.1) is 5.92 Å². The van der Waals surface area contributed by atoms with Crippen molar-refractivity contribution < 1.29 is 24.2 Å². The first-order valence-corrected chi connectivity index (χ1v) is 15.0. The molecule has 2 fully saturated rings. The number of rotatable bonds is 5. The van der Waals surface area contributed by atoms with E-state index in [-0.39, 0.29) is 33.9 Å². The average Bonchev–Trinajstić information content (AvgIpc) is 3.19. The van der Waals surface area contributed by atoms with Crippen LogP contribution in [0.3, 0.4) is 0 Å². The van der Waals surface area contributed by atoms with Crippen LogP contribution in [0.4, 0.5) is 10.5 Å². The zero-order chi connectivity index (χ0) is 30.1. The van der Waals surface area contributed by atoms with Gasteiger partial charge in [-0.3, -0.25) is 14.5 Å². The second kappa shape index (κ2) is 12.9. The van der Waals surface area contributed by atoms with Crippen molar-refractivity contribution in [2.24, 2.45) is 13.0 Å². The molecule has 0 spiro atoms. The summed E-state index contributed by atoms with van der Waals surface area (Å²) >= 11 is 15.7. The lowest BCUT2D eigenvalue weighted by molar-refractivity contribution is -0.0730. The molecule has 1 aromatic heterocycles. The Morgan fingerprint density at radius 3 is 2.24 bits per heavy atom. The lowest BCUT2D eigenvalue weighted by atomic mass is 9.94. The van der Waals surface area contributed by atoms with Gasteiger partial charge in [-0.15, -0.1) is 0 Å². The Morgan fingerprint density at radius 1 is 1.07 bits per heavy atom. The van der Waals surface area contributed by atoms with E-state index in [1.807, 2.05) is 25.7 Å². The summed E-state index contributed by atoms with van der Waals surface area (Å²) in [7, 11) is 1.65. The molecule has 1 aromatic carbocycles. The number of ether oxygens (including phenoxy) is 1. The Morgan fingerprint density at radius 2 is 1.71 bits per heavy atom. The molecule has 1 atom stereocenters. The third-order valence-corrected chi connectivity index (χ3v) is 8.95. The van der Waals surface area contributed by atoms with E-state index in [4.69, 9.17) is 27.9 Å². The number of nitrogens with zero attached hydrogens (tertiary/aromatic N) is 5. The second-order valence-electron chi connectivity index (χ2n) is 11.3. The van der Waals surface area contributed by atoms with Gasteiger partial charge in [0, 0.05) is 57.9 Å². The number of halogens is 3. The molecule has 3 heterocycles. The van der Waals surface area contributed by atoms with Crippen molar-refractivity contribution in [1.82, 2.24) is 24.3 Å². The number of nitrogens with one attached hydrogen (secondary N) is 1. The largest absolute Gasteiger partial charge is 0.444 e. The molecular weight excluding hydrogens is 639 g/mol. The van der Waals surface area contributed by atoms with Crippen LogP contribution in [0.2, 0.25) is 10.2 Å². The summed E-state index contributed by atoms with van der Waals surface area (Å²) in [6, 6.07) is 4.72. The number of likely N-dealkylation sites (tertiary alicyclic amines) is 1. The maximum Gasteiger partial charge on any atom is 0.410 e. The number of anilines is 1. The molecule has 41 heavy (non-hydrogen) atoms. The van der Waals surface area contributed by atoms with Crippen LogP contribution in [0.25, 0.3) is 0 Å². The predicted molar refractivity (Wildman–Crippen MR) is 159 cm³/mol. The summed E-state index contributed by atoms with van der Waals surface area (Å²) in [4.78, 5) is 47.6. The van der Waals surface area contributed by atoms with Gasteiger partial charge in [-0.25, -0.2) is 9.78 Å². The van der Waals surface area contributed by atoms with E-state index in [0.717, 1.165) is 0 Å². The highest BCUT2D eigenvalue weighted by atomic mass is 79.9. The molecule has 2 saturated heterocycles. The highest BCUT2D eigenvalue weighted by molar-refractivity contribution is 9.10. The predicted octanol–water partition coefficient (Wildman–Crippen LogP) is 4.47. The fraction of sp³-hybridized carbons (Fsp3) is 0.556. The lowest BCUT2D eigenvalue weighted by Gasteiger charge is -2.42.